The van der Waals surface area contributed by atoms with Crippen molar-refractivity contribution in [2.24, 2.45) is 5.10 Å². The van der Waals surface area contributed by atoms with Gasteiger partial charge in [0.2, 0.25) is 0 Å². The number of nitrogens with one attached hydrogen (secondary N) is 1. The lowest BCUT2D eigenvalue weighted by molar-refractivity contribution is 0.309. The van der Waals surface area contributed by atoms with Crippen molar-refractivity contribution in [2.45, 2.75) is 19.8 Å². The van der Waals surface area contributed by atoms with Crippen molar-refractivity contribution < 1.29 is 4.74 Å². The maximum absolute atomic E-state index is 5.65. The van der Waals surface area contributed by atoms with Gasteiger partial charge in [0.15, 0.2) is 0 Å². The molecule has 1 aromatic heterocycles. The second kappa shape index (κ2) is 8.11. The van der Waals surface area contributed by atoms with Crippen LogP contribution in [0.3, 0.4) is 0 Å². The van der Waals surface area contributed by atoms with Crippen LogP contribution in [0.4, 0.5) is 5.82 Å². The van der Waals surface area contributed by atoms with Crippen molar-refractivity contribution in [2.75, 3.05) is 12.0 Å². The summed E-state index contributed by atoms with van der Waals surface area (Å²) in [6.07, 6.45) is 3.98. The van der Waals surface area contributed by atoms with E-state index < -0.39 is 0 Å². The smallest absolute Gasteiger partial charge is 0.146 e. The minimum absolute atomic E-state index is 0.726. The maximum atomic E-state index is 5.65. The van der Waals surface area contributed by atoms with Crippen LogP contribution in [0.5, 0.6) is 5.75 Å². The van der Waals surface area contributed by atoms with E-state index in [0.29, 0.717) is 0 Å². The van der Waals surface area contributed by atoms with Crippen molar-refractivity contribution in [1.82, 2.24) is 4.98 Å². The number of benzene rings is 2. The highest BCUT2D eigenvalue weighted by atomic mass is 16.5. The zero-order chi connectivity index (χ0) is 16.6. The average molecular weight is 319 g/mol. The molecule has 122 valence electrons. The van der Waals surface area contributed by atoms with E-state index in [0.717, 1.165) is 47.5 Å². The van der Waals surface area contributed by atoms with E-state index >= 15 is 0 Å². The maximum Gasteiger partial charge on any atom is 0.146 e. The number of hydrogen-bond acceptors (Lipinski definition) is 4. The first-order valence-corrected chi connectivity index (χ1v) is 8.23. The number of nitrogens with zero attached hydrogens (tertiary/aromatic N) is 2. The molecule has 0 radical (unpaired) electrons. The summed E-state index contributed by atoms with van der Waals surface area (Å²) in [4.78, 5) is 4.52. The van der Waals surface area contributed by atoms with E-state index in [1.54, 1.807) is 6.21 Å². The summed E-state index contributed by atoms with van der Waals surface area (Å²) in [6, 6.07) is 19.9. The molecule has 24 heavy (non-hydrogen) atoms. The first-order valence-electron chi connectivity index (χ1n) is 8.23. The molecule has 1 N–H and O–H groups in total. The summed E-state index contributed by atoms with van der Waals surface area (Å²) in [5.74, 6) is 1.62. The summed E-state index contributed by atoms with van der Waals surface area (Å²) >= 11 is 0. The SMILES string of the molecule is CCCCOc1ccc(/C=N\Nc2ccc3ccccc3n2)cc1. The van der Waals surface area contributed by atoms with Crippen LogP contribution in [-0.2, 0) is 0 Å². The molecule has 4 nitrogen and oxygen atoms in total. The van der Waals surface area contributed by atoms with E-state index in [-0.39, 0.29) is 0 Å². The molecule has 1 heterocycles. The van der Waals surface area contributed by atoms with Gasteiger partial charge in [-0.1, -0.05) is 31.5 Å². The van der Waals surface area contributed by atoms with Gasteiger partial charge in [0, 0.05) is 5.39 Å². The molecule has 0 spiro atoms. The van der Waals surface area contributed by atoms with Crippen LogP contribution < -0.4 is 10.2 Å². The fourth-order valence-corrected chi connectivity index (χ4v) is 2.29. The molecule has 2 aromatic carbocycles. The summed E-state index contributed by atoms with van der Waals surface area (Å²) in [7, 11) is 0. The monoisotopic (exact) mass is 319 g/mol. The van der Waals surface area contributed by atoms with Gasteiger partial charge in [-0.3, -0.25) is 5.43 Å². The van der Waals surface area contributed by atoms with Crippen LogP contribution in [0.25, 0.3) is 10.9 Å². The minimum Gasteiger partial charge on any atom is -0.494 e. The number of hydrogen-bond donors (Lipinski definition) is 1. The molecule has 0 aliphatic rings. The van der Waals surface area contributed by atoms with Crippen molar-refractivity contribution in [1.29, 1.82) is 0 Å². The molecule has 0 aliphatic carbocycles. The third-order valence-corrected chi connectivity index (χ3v) is 3.64. The van der Waals surface area contributed by atoms with Crippen LogP contribution in [0.1, 0.15) is 25.3 Å². The van der Waals surface area contributed by atoms with Gasteiger partial charge in [-0.15, -0.1) is 0 Å². The number of aromatic nitrogens is 1. The Morgan fingerprint density at radius 3 is 2.71 bits per heavy atom. The van der Waals surface area contributed by atoms with E-state index in [4.69, 9.17) is 4.74 Å². The largest absolute Gasteiger partial charge is 0.494 e. The van der Waals surface area contributed by atoms with Gasteiger partial charge < -0.3 is 4.74 Å². The molecule has 0 saturated carbocycles. The van der Waals surface area contributed by atoms with Crippen LogP contribution in [-0.4, -0.2) is 17.8 Å². The Kier molecular flexibility index (Phi) is 5.40. The number of fused-ring (bicyclic) bond motifs is 1. The van der Waals surface area contributed by atoms with Crippen molar-refractivity contribution in [3.8, 4) is 5.75 Å². The van der Waals surface area contributed by atoms with Gasteiger partial charge in [0.25, 0.3) is 0 Å². The van der Waals surface area contributed by atoms with Crippen LogP contribution in [0.2, 0.25) is 0 Å². The normalized spacial score (nSPS) is 11.0. The summed E-state index contributed by atoms with van der Waals surface area (Å²) in [6.45, 7) is 2.92. The molecule has 0 unspecified atom stereocenters. The summed E-state index contributed by atoms with van der Waals surface area (Å²) in [5.41, 5.74) is 4.92. The molecule has 0 atom stereocenters. The lowest BCUT2D eigenvalue weighted by Gasteiger charge is -2.05. The number of hydrazone groups is 1. The zero-order valence-corrected chi connectivity index (χ0v) is 13.8. The molecule has 0 fully saturated rings. The van der Waals surface area contributed by atoms with Crippen molar-refractivity contribution in [3.05, 3.63) is 66.2 Å². The predicted molar refractivity (Wildman–Crippen MR) is 99.8 cm³/mol. The second-order valence-electron chi connectivity index (χ2n) is 5.53. The average Bonchev–Trinajstić information content (AvgIpc) is 2.63. The van der Waals surface area contributed by atoms with E-state index in [2.05, 4.69) is 22.4 Å². The third-order valence-electron chi connectivity index (χ3n) is 3.64. The minimum atomic E-state index is 0.726. The Hall–Kier alpha value is -2.88. The van der Waals surface area contributed by atoms with Crippen LogP contribution >= 0.6 is 0 Å². The van der Waals surface area contributed by atoms with Gasteiger partial charge in [-0.05, 0) is 54.4 Å². The molecule has 3 rings (SSSR count). The first-order chi connectivity index (χ1) is 11.8. The predicted octanol–water partition coefficient (Wildman–Crippen LogP) is 4.86. The number of rotatable bonds is 7. The van der Waals surface area contributed by atoms with Gasteiger partial charge in [0.05, 0.1) is 18.3 Å². The number of pyridine rings is 1. The first kappa shape index (κ1) is 16.0. The molecule has 0 aliphatic heterocycles. The Labute approximate surface area is 142 Å². The lowest BCUT2D eigenvalue weighted by atomic mass is 10.2. The highest BCUT2D eigenvalue weighted by Crippen LogP contribution is 2.15. The summed E-state index contributed by atoms with van der Waals surface area (Å²) < 4.78 is 5.65. The lowest BCUT2D eigenvalue weighted by Crippen LogP contribution is -1.96. The number of unbranched alkanes of at least 4 members (excludes halogenated alkanes) is 1. The Bertz CT molecular complexity index is 812. The van der Waals surface area contributed by atoms with E-state index in [1.165, 1.54) is 0 Å². The fraction of sp³-hybridized carbons (Fsp3) is 0.200. The van der Waals surface area contributed by atoms with E-state index in [1.807, 2.05) is 60.7 Å². The Morgan fingerprint density at radius 2 is 1.88 bits per heavy atom. The quantitative estimate of drug-likeness (QED) is 0.384. The molecule has 4 heteroatoms. The molecule has 3 aromatic rings. The van der Waals surface area contributed by atoms with Gasteiger partial charge >= 0.3 is 0 Å². The molecule has 0 amide bonds. The highest BCUT2D eigenvalue weighted by molar-refractivity contribution is 5.81. The van der Waals surface area contributed by atoms with E-state index in [9.17, 15) is 0 Å². The molecular weight excluding hydrogens is 298 g/mol. The number of para-hydroxylation sites is 1. The van der Waals surface area contributed by atoms with Gasteiger partial charge in [0.1, 0.15) is 11.6 Å². The van der Waals surface area contributed by atoms with Crippen molar-refractivity contribution in [3.63, 3.8) is 0 Å². The fourth-order valence-electron chi connectivity index (χ4n) is 2.29. The molecule has 0 bridgehead atoms. The number of ether oxygens (including phenoxy) is 1. The standard InChI is InChI=1S/C20H21N3O/c1-2-3-14-24-18-11-8-16(9-12-18)15-21-23-20-13-10-17-6-4-5-7-19(17)22-20/h4-13,15H,2-3,14H2,1H3,(H,22,23)/b21-15-. The highest BCUT2D eigenvalue weighted by Gasteiger charge is 1.96. The topological polar surface area (TPSA) is 46.5 Å². The Morgan fingerprint density at radius 1 is 1.04 bits per heavy atom. The van der Waals surface area contributed by atoms with Crippen molar-refractivity contribution >= 4 is 22.9 Å². The van der Waals surface area contributed by atoms with Crippen LogP contribution in [0.15, 0.2) is 65.8 Å². The number of anilines is 1. The molecular formula is C20H21N3O. The second-order valence-corrected chi connectivity index (χ2v) is 5.53. The van der Waals surface area contributed by atoms with Gasteiger partial charge in [-0.25, -0.2) is 4.98 Å². The molecule has 0 saturated heterocycles. The zero-order valence-electron chi connectivity index (χ0n) is 13.8. The summed E-state index contributed by atoms with van der Waals surface area (Å²) in [5, 5.41) is 5.36. The van der Waals surface area contributed by atoms with Crippen LogP contribution in [0, 0.1) is 0 Å². The third kappa shape index (κ3) is 4.32. The Balaban J connectivity index is 1.58. The van der Waals surface area contributed by atoms with Gasteiger partial charge in [-0.2, -0.15) is 5.10 Å².